The van der Waals surface area contributed by atoms with Gasteiger partial charge in [-0.2, -0.15) is 0 Å². The van der Waals surface area contributed by atoms with Crippen LogP contribution in [0.3, 0.4) is 0 Å². The van der Waals surface area contributed by atoms with Crippen LogP contribution >= 0.6 is 0 Å². The van der Waals surface area contributed by atoms with E-state index in [9.17, 15) is 0 Å². The highest BCUT2D eigenvalue weighted by atomic mass is 16.5. The van der Waals surface area contributed by atoms with Gasteiger partial charge in [0.1, 0.15) is 5.75 Å². The molecular formula is C17H17N3O. The van der Waals surface area contributed by atoms with Crippen LogP contribution in [0.15, 0.2) is 42.5 Å². The third-order valence-electron chi connectivity index (χ3n) is 3.99. The number of nitrogens with zero attached hydrogens (tertiary/aromatic N) is 2. The number of anilines is 1. The summed E-state index contributed by atoms with van der Waals surface area (Å²) in [7, 11) is 2.04. The molecule has 0 saturated carbocycles. The van der Waals surface area contributed by atoms with Gasteiger partial charge in [-0.15, -0.1) is 0 Å². The average Bonchev–Trinajstić information content (AvgIpc) is 2.84. The van der Waals surface area contributed by atoms with E-state index in [2.05, 4.69) is 35.0 Å². The Balaban J connectivity index is 1.74. The largest absolute Gasteiger partial charge is 0.478 e. The van der Waals surface area contributed by atoms with Crippen molar-refractivity contribution in [2.24, 2.45) is 7.05 Å². The lowest BCUT2D eigenvalue weighted by Crippen LogP contribution is -2.26. The first-order chi connectivity index (χ1) is 10.2. The summed E-state index contributed by atoms with van der Waals surface area (Å²) in [5, 5.41) is 3.45. The Bertz CT molecular complexity index is 822. The number of aromatic nitrogens is 2. The number of aryl methyl sites for hydroxylation is 2. The van der Waals surface area contributed by atoms with Gasteiger partial charge in [-0.05, 0) is 36.8 Å². The van der Waals surface area contributed by atoms with Gasteiger partial charge < -0.3 is 14.6 Å². The molecule has 1 atom stereocenters. The highest BCUT2D eigenvalue weighted by Crippen LogP contribution is 2.35. The Morgan fingerprint density at radius 2 is 2.10 bits per heavy atom. The van der Waals surface area contributed by atoms with E-state index in [1.165, 1.54) is 5.56 Å². The third-order valence-corrected chi connectivity index (χ3v) is 3.99. The summed E-state index contributed by atoms with van der Waals surface area (Å²) < 4.78 is 8.25. The van der Waals surface area contributed by atoms with E-state index in [-0.39, 0.29) is 6.10 Å². The van der Waals surface area contributed by atoms with Gasteiger partial charge in [0.2, 0.25) is 0 Å². The molecule has 1 aliphatic heterocycles. The zero-order chi connectivity index (χ0) is 14.4. The number of fused-ring (bicyclic) bond motifs is 2. The second-order valence-corrected chi connectivity index (χ2v) is 5.50. The van der Waals surface area contributed by atoms with Crippen LogP contribution in [0, 0.1) is 6.92 Å². The summed E-state index contributed by atoms with van der Waals surface area (Å²) in [6, 6.07) is 14.4. The molecule has 2 aromatic carbocycles. The van der Waals surface area contributed by atoms with Gasteiger partial charge in [-0.1, -0.05) is 18.2 Å². The summed E-state index contributed by atoms with van der Waals surface area (Å²) in [4.78, 5) is 4.72. The summed E-state index contributed by atoms with van der Waals surface area (Å²) >= 11 is 0. The minimum absolute atomic E-state index is 0.0717. The van der Waals surface area contributed by atoms with Gasteiger partial charge in [0.25, 0.3) is 0 Å². The normalized spacial score (nSPS) is 17.1. The molecule has 0 aliphatic carbocycles. The Hall–Kier alpha value is -2.49. The van der Waals surface area contributed by atoms with E-state index >= 15 is 0 Å². The number of nitrogens with one attached hydrogen (secondary N) is 1. The van der Waals surface area contributed by atoms with Crippen LogP contribution < -0.4 is 10.1 Å². The van der Waals surface area contributed by atoms with Crippen LogP contribution in [0.2, 0.25) is 0 Å². The van der Waals surface area contributed by atoms with Crippen LogP contribution in [0.4, 0.5) is 5.69 Å². The molecule has 0 bridgehead atoms. The van der Waals surface area contributed by atoms with E-state index < -0.39 is 0 Å². The van der Waals surface area contributed by atoms with Crippen molar-refractivity contribution < 1.29 is 4.74 Å². The topological polar surface area (TPSA) is 39.1 Å². The van der Waals surface area contributed by atoms with Crippen molar-refractivity contribution >= 4 is 16.7 Å². The molecule has 0 fully saturated rings. The van der Waals surface area contributed by atoms with Crippen molar-refractivity contribution in [2.45, 2.75) is 13.0 Å². The lowest BCUT2D eigenvalue weighted by Gasteiger charge is -2.27. The Morgan fingerprint density at radius 3 is 2.95 bits per heavy atom. The molecule has 0 saturated heterocycles. The molecule has 2 heterocycles. The summed E-state index contributed by atoms with van der Waals surface area (Å²) in [6.45, 7) is 2.81. The highest BCUT2D eigenvalue weighted by Gasteiger charge is 2.25. The van der Waals surface area contributed by atoms with Crippen molar-refractivity contribution in [3.63, 3.8) is 0 Å². The predicted molar refractivity (Wildman–Crippen MR) is 83.8 cm³/mol. The molecule has 4 nitrogen and oxygen atoms in total. The smallest absolute Gasteiger partial charge is 0.173 e. The molecule has 21 heavy (non-hydrogen) atoms. The van der Waals surface area contributed by atoms with E-state index in [1.807, 2.05) is 31.3 Å². The second-order valence-electron chi connectivity index (χ2n) is 5.50. The van der Waals surface area contributed by atoms with Crippen LogP contribution in [-0.2, 0) is 7.05 Å². The molecule has 1 N–H and O–H groups in total. The van der Waals surface area contributed by atoms with Crippen LogP contribution in [0.25, 0.3) is 11.0 Å². The quantitative estimate of drug-likeness (QED) is 0.741. The number of para-hydroxylation sites is 2. The van der Waals surface area contributed by atoms with Gasteiger partial charge in [0, 0.05) is 7.05 Å². The minimum atomic E-state index is -0.0717. The number of ether oxygens (including phenoxy) is 1. The molecule has 0 radical (unpaired) electrons. The van der Waals surface area contributed by atoms with Crippen molar-refractivity contribution in [2.75, 3.05) is 11.9 Å². The van der Waals surface area contributed by atoms with E-state index in [0.29, 0.717) is 0 Å². The van der Waals surface area contributed by atoms with Crippen LogP contribution in [0.5, 0.6) is 5.75 Å². The van der Waals surface area contributed by atoms with Gasteiger partial charge in [0.15, 0.2) is 11.9 Å². The van der Waals surface area contributed by atoms with Crippen LogP contribution in [0.1, 0.15) is 17.5 Å². The van der Waals surface area contributed by atoms with E-state index in [4.69, 9.17) is 9.72 Å². The third kappa shape index (κ3) is 1.95. The number of hydrogen-bond acceptors (Lipinski definition) is 3. The molecule has 3 aromatic rings. The van der Waals surface area contributed by atoms with E-state index in [0.717, 1.165) is 34.8 Å². The minimum Gasteiger partial charge on any atom is -0.478 e. The maximum atomic E-state index is 6.14. The van der Waals surface area contributed by atoms with Gasteiger partial charge in [-0.25, -0.2) is 4.98 Å². The zero-order valence-electron chi connectivity index (χ0n) is 12.1. The average molecular weight is 279 g/mol. The Morgan fingerprint density at radius 1 is 1.24 bits per heavy atom. The molecule has 1 aromatic heterocycles. The molecule has 106 valence electrons. The van der Waals surface area contributed by atoms with Crippen molar-refractivity contribution in [3.8, 4) is 5.75 Å². The first kappa shape index (κ1) is 12.3. The molecule has 1 unspecified atom stereocenters. The predicted octanol–water partition coefficient (Wildman–Crippen LogP) is 3.43. The molecule has 0 amide bonds. The Labute approximate surface area is 123 Å². The standard InChI is InChI=1S/C17H17N3O/c1-11-7-8-15-13(9-11)18-10-16(21-15)17-19-12-5-3-4-6-14(12)20(17)2/h3-9,16,18H,10H2,1-2H3. The van der Waals surface area contributed by atoms with Crippen molar-refractivity contribution in [3.05, 3.63) is 53.9 Å². The maximum absolute atomic E-state index is 6.14. The molecule has 4 rings (SSSR count). The molecule has 4 heteroatoms. The fraction of sp³-hybridized carbons (Fsp3) is 0.235. The second kappa shape index (κ2) is 4.52. The van der Waals surface area contributed by atoms with E-state index in [1.54, 1.807) is 0 Å². The summed E-state index contributed by atoms with van der Waals surface area (Å²) in [6.07, 6.45) is -0.0717. The fourth-order valence-electron chi connectivity index (χ4n) is 2.88. The number of hydrogen-bond donors (Lipinski definition) is 1. The number of rotatable bonds is 1. The summed E-state index contributed by atoms with van der Waals surface area (Å²) in [5.74, 6) is 1.85. The number of imidazole rings is 1. The van der Waals surface area contributed by atoms with Crippen molar-refractivity contribution in [1.29, 1.82) is 0 Å². The van der Waals surface area contributed by atoms with Gasteiger partial charge in [0.05, 0.1) is 23.3 Å². The highest BCUT2D eigenvalue weighted by molar-refractivity contribution is 5.76. The molecular weight excluding hydrogens is 262 g/mol. The summed E-state index contributed by atoms with van der Waals surface area (Å²) in [5.41, 5.74) is 4.43. The fourth-order valence-corrected chi connectivity index (χ4v) is 2.88. The van der Waals surface area contributed by atoms with Gasteiger partial charge in [-0.3, -0.25) is 0 Å². The lowest BCUT2D eigenvalue weighted by atomic mass is 10.1. The SMILES string of the molecule is Cc1ccc2c(c1)NCC(c1nc3ccccc3n1C)O2. The molecule has 1 aliphatic rings. The van der Waals surface area contributed by atoms with Crippen molar-refractivity contribution in [1.82, 2.24) is 9.55 Å². The first-order valence-corrected chi connectivity index (χ1v) is 7.15. The number of benzene rings is 2. The first-order valence-electron chi connectivity index (χ1n) is 7.15. The lowest BCUT2D eigenvalue weighted by molar-refractivity contribution is 0.197. The zero-order valence-corrected chi connectivity index (χ0v) is 12.1. The van der Waals surface area contributed by atoms with Gasteiger partial charge >= 0.3 is 0 Å². The Kier molecular flexibility index (Phi) is 2.64. The maximum Gasteiger partial charge on any atom is 0.173 e. The van der Waals surface area contributed by atoms with Crippen LogP contribution in [-0.4, -0.2) is 16.1 Å². The molecule has 0 spiro atoms. The monoisotopic (exact) mass is 279 g/mol.